The van der Waals surface area contributed by atoms with Gasteiger partial charge in [0.1, 0.15) is 0 Å². The predicted octanol–water partition coefficient (Wildman–Crippen LogP) is 4.15. The van der Waals surface area contributed by atoms with Gasteiger partial charge >= 0.3 is 0 Å². The first kappa shape index (κ1) is 15.0. The van der Waals surface area contributed by atoms with Crippen LogP contribution in [-0.2, 0) is 5.54 Å². The molecule has 2 N–H and O–H groups in total. The van der Waals surface area contributed by atoms with Gasteiger partial charge in [-0.05, 0) is 49.7 Å². The number of nitrogens with one attached hydrogen (secondary N) is 2. The highest BCUT2D eigenvalue weighted by atomic mass is 32.1. The third kappa shape index (κ3) is 3.28. The maximum Gasteiger partial charge on any atom is 0.171 e. The Labute approximate surface area is 137 Å². The zero-order valence-corrected chi connectivity index (χ0v) is 13.6. The number of pyridine rings is 1. The Morgan fingerprint density at radius 3 is 2.68 bits per heavy atom. The van der Waals surface area contributed by atoms with Gasteiger partial charge in [-0.1, -0.05) is 42.7 Å². The number of thiocarbonyl (C=S) groups is 1. The quantitative estimate of drug-likeness (QED) is 0.835. The van der Waals surface area contributed by atoms with Crippen molar-refractivity contribution in [3.05, 3.63) is 59.9 Å². The van der Waals surface area contributed by atoms with Gasteiger partial charge in [0.15, 0.2) is 5.11 Å². The Morgan fingerprint density at radius 1 is 1.18 bits per heavy atom. The summed E-state index contributed by atoms with van der Waals surface area (Å²) in [6.07, 6.45) is 8.23. The zero-order valence-electron chi connectivity index (χ0n) is 12.8. The summed E-state index contributed by atoms with van der Waals surface area (Å²) in [6.45, 7) is 2.14. The van der Waals surface area contributed by atoms with Crippen molar-refractivity contribution in [3.8, 4) is 0 Å². The van der Waals surface area contributed by atoms with Gasteiger partial charge in [-0.2, -0.15) is 0 Å². The maximum absolute atomic E-state index is 5.53. The molecule has 2 aromatic rings. The first-order chi connectivity index (χ1) is 10.7. The Morgan fingerprint density at radius 2 is 2.00 bits per heavy atom. The van der Waals surface area contributed by atoms with Gasteiger partial charge in [-0.15, -0.1) is 0 Å². The van der Waals surface area contributed by atoms with Crippen LogP contribution in [-0.4, -0.2) is 10.1 Å². The van der Waals surface area contributed by atoms with Crippen molar-refractivity contribution in [1.82, 2.24) is 10.3 Å². The number of anilines is 1. The summed E-state index contributed by atoms with van der Waals surface area (Å²) in [5, 5.41) is 7.48. The fourth-order valence-corrected chi connectivity index (χ4v) is 3.54. The molecular weight excluding hydrogens is 290 g/mol. The fraction of sp³-hybridized carbons (Fsp3) is 0.333. The van der Waals surface area contributed by atoms with Crippen LogP contribution in [0.1, 0.15) is 36.8 Å². The van der Waals surface area contributed by atoms with E-state index in [1.165, 1.54) is 24.0 Å². The summed E-state index contributed by atoms with van der Waals surface area (Å²) in [5.41, 5.74) is 3.49. The lowest BCUT2D eigenvalue weighted by molar-refractivity contribution is 0.408. The van der Waals surface area contributed by atoms with Crippen molar-refractivity contribution in [3.63, 3.8) is 0 Å². The number of hydrogen-bond donors (Lipinski definition) is 2. The molecule has 1 aliphatic rings. The largest absolute Gasteiger partial charge is 0.353 e. The van der Waals surface area contributed by atoms with Gasteiger partial charge < -0.3 is 10.6 Å². The van der Waals surface area contributed by atoms with Crippen LogP contribution in [0.2, 0.25) is 0 Å². The van der Waals surface area contributed by atoms with E-state index in [9.17, 15) is 0 Å². The van der Waals surface area contributed by atoms with E-state index in [1.807, 2.05) is 12.1 Å². The van der Waals surface area contributed by atoms with Crippen molar-refractivity contribution in [2.75, 3.05) is 5.32 Å². The molecule has 0 aliphatic heterocycles. The molecule has 1 aliphatic carbocycles. The van der Waals surface area contributed by atoms with Crippen LogP contribution in [0, 0.1) is 6.92 Å². The van der Waals surface area contributed by atoms with Gasteiger partial charge in [0.05, 0.1) is 17.4 Å². The van der Waals surface area contributed by atoms with E-state index >= 15 is 0 Å². The summed E-state index contributed by atoms with van der Waals surface area (Å²) < 4.78 is 0. The number of benzene rings is 1. The summed E-state index contributed by atoms with van der Waals surface area (Å²) in [4.78, 5) is 4.11. The van der Waals surface area contributed by atoms with Gasteiger partial charge in [-0.3, -0.25) is 4.98 Å². The van der Waals surface area contributed by atoms with Crippen LogP contribution in [0.25, 0.3) is 0 Å². The molecule has 0 unspecified atom stereocenters. The topological polar surface area (TPSA) is 37.0 Å². The SMILES string of the molecule is Cc1cccc(C2(NC(=S)Nc3cccnc3)CCCC2)c1. The van der Waals surface area contributed by atoms with E-state index in [0.717, 1.165) is 18.5 Å². The molecule has 0 atom stereocenters. The standard InChI is InChI=1S/C18H21N3S/c1-14-6-4-7-15(12-14)18(9-2-3-10-18)21-17(22)20-16-8-5-11-19-13-16/h4-8,11-13H,2-3,9-10H2,1H3,(H2,20,21,22). The molecule has 1 aromatic heterocycles. The van der Waals surface area contributed by atoms with Crippen molar-refractivity contribution < 1.29 is 0 Å². The first-order valence-corrected chi connectivity index (χ1v) is 8.15. The molecule has 1 fully saturated rings. The van der Waals surface area contributed by atoms with Crippen LogP contribution < -0.4 is 10.6 Å². The van der Waals surface area contributed by atoms with Gasteiger partial charge in [0, 0.05) is 6.20 Å². The molecule has 0 radical (unpaired) electrons. The van der Waals surface area contributed by atoms with Gasteiger partial charge in [-0.25, -0.2) is 0 Å². The zero-order chi connectivity index (χ0) is 15.4. The molecule has 1 aromatic carbocycles. The van der Waals surface area contributed by atoms with Crippen LogP contribution in [0.15, 0.2) is 48.8 Å². The fourth-order valence-electron chi connectivity index (χ4n) is 3.22. The molecule has 114 valence electrons. The number of nitrogens with zero attached hydrogens (tertiary/aromatic N) is 1. The van der Waals surface area contributed by atoms with Crippen LogP contribution >= 0.6 is 12.2 Å². The number of hydrogen-bond acceptors (Lipinski definition) is 2. The lowest BCUT2D eigenvalue weighted by Crippen LogP contribution is -2.45. The maximum atomic E-state index is 5.53. The van der Waals surface area contributed by atoms with Gasteiger partial charge in [0.25, 0.3) is 0 Å². The number of rotatable bonds is 3. The monoisotopic (exact) mass is 311 g/mol. The highest BCUT2D eigenvalue weighted by Crippen LogP contribution is 2.39. The van der Waals surface area contributed by atoms with Crippen molar-refractivity contribution in [2.45, 2.75) is 38.1 Å². The Balaban J connectivity index is 1.78. The van der Waals surface area contributed by atoms with Crippen molar-refractivity contribution in [1.29, 1.82) is 0 Å². The van der Waals surface area contributed by atoms with Crippen LogP contribution in [0.5, 0.6) is 0 Å². The van der Waals surface area contributed by atoms with E-state index in [4.69, 9.17) is 12.2 Å². The second-order valence-corrected chi connectivity index (χ2v) is 6.39. The van der Waals surface area contributed by atoms with E-state index in [1.54, 1.807) is 12.4 Å². The molecule has 0 bridgehead atoms. The minimum absolute atomic E-state index is 0.0433. The minimum Gasteiger partial charge on any atom is -0.353 e. The molecular formula is C18H21N3S. The lowest BCUT2D eigenvalue weighted by atomic mass is 9.87. The molecule has 22 heavy (non-hydrogen) atoms. The average molecular weight is 311 g/mol. The van der Waals surface area contributed by atoms with E-state index in [2.05, 4.69) is 46.8 Å². The summed E-state index contributed by atoms with van der Waals surface area (Å²) in [7, 11) is 0. The first-order valence-electron chi connectivity index (χ1n) is 7.74. The minimum atomic E-state index is -0.0433. The van der Waals surface area contributed by atoms with Crippen LogP contribution in [0.4, 0.5) is 5.69 Å². The highest BCUT2D eigenvalue weighted by molar-refractivity contribution is 7.80. The number of aromatic nitrogens is 1. The smallest absolute Gasteiger partial charge is 0.171 e. The molecule has 4 heteroatoms. The molecule has 0 spiro atoms. The number of aryl methyl sites for hydroxylation is 1. The Kier molecular flexibility index (Phi) is 4.39. The molecule has 1 saturated carbocycles. The van der Waals surface area contributed by atoms with E-state index in [-0.39, 0.29) is 5.54 Å². The third-order valence-electron chi connectivity index (χ3n) is 4.30. The summed E-state index contributed by atoms with van der Waals surface area (Å²) in [5.74, 6) is 0. The Hall–Kier alpha value is -1.94. The van der Waals surface area contributed by atoms with Crippen LogP contribution in [0.3, 0.4) is 0 Å². The van der Waals surface area contributed by atoms with E-state index in [0.29, 0.717) is 5.11 Å². The molecule has 1 heterocycles. The predicted molar refractivity (Wildman–Crippen MR) is 94.9 cm³/mol. The van der Waals surface area contributed by atoms with Crippen molar-refractivity contribution in [2.24, 2.45) is 0 Å². The summed E-state index contributed by atoms with van der Waals surface area (Å²) >= 11 is 5.53. The highest BCUT2D eigenvalue weighted by Gasteiger charge is 2.36. The molecule has 0 saturated heterocycles. The lowest BCUT2D eigenvalue weighted by Gasteiger charge is -2.32. The van der Waals surface area contributed by atoms with Crippen molar-refractivity contribution >= 4 is 23.0 Å². The molecule has 3 nitrogen and oxygen atoms in total. The molecule has 0 amide bonds. The normalized spacial score (nSPS) is 16.2. The summed E-state index contributed by atoms with van der Waals surface area (Å²) in [6, 6.07) is 12.6. The van der Waals surface area contributed by atoms with E-state index < -0.39 is 0 Å². The van der Waals surface area contributed by atoms with Gasteiger partial charge in [0.2, 0.25) is 0 Å². The molecule has 3 rings (SSSR count). The second-order valence-electron chi connectivity index (χ2n) is 5.98. The Bertz CT molecular complexity index is 648. The third-order valence-corrected chi connectivity index (χ3v) is 4.50. The average Bonchev–Trinajstić information content (AvgIpc) is 2.98. The second kappa shape index (κ2) is 6.44.